The van der Waals surface area contributed by atoms with Crippen molar-refractivity contribution in [3.8, 4) is 5.69 Å². The van der Waals surface area contributed by atoms with Crippen molar-refractivity contribution in [2.45, 2.75) is 0 Å². The third kappa shape index (κ3) is 2.55. The largest absolute Gasteiger partial charge is 0.352 e. The summed E-state index contributed by atoms with van der Waals surface area (Å²) < 4.78 is 2.60. The first-order valence-corrected chi connectivity index (χ1v) is 6.72. The van der Waals surface area contributed by atoms with E-state index < -0.39 is 0 Å². The van der Waals surface area contributed by atoms with Crippen LogP contribution in [0, 0.1) is 0 Å². The van der Waals surface area contributed by atoms with Crippen LogP contribution in [0.3, 0.4) is 0 Å². The SMILES string of the molecule is C=CCNc1nccn1-c1ccc(Br)c(Cl)c1Cl. The molecule has 0 spiro atoms. The summed E-state index contributed by atoms with van der Waals surface area (Å²) in [7, 11) is 0. The van der Waals surface area contributed by atoms with Crippen molar-refractivity contribution in [2.24, 2.45) is 0 Å². The van der Waals surface area contributed by atoms with Gasteiger partial charge in [0, 0.05) is 23.4 Å². The maximum Gasteiger partial charge on any atom is 0.207 e. The maximum absolute atomic E-state index is 6.24. The number of benzene rings is 1. The summed E-state index contributed by atoms with van der Waals surface area (Å²) in [4.78, 5) is 4.21. The Morgan fingerprint density at radius 3 is 2.89 bits per heavy atom. The van der Waals surface area contributed by atoms with Crippen LogP contribution in [0.1, 0.15) is 0 Å². The van der Waals surface area contributed by atoms with E-state index in [0.29, 0.717) is 22.5 Å². The number of rotatable bonds is 4. The van der Waals surface area contributed by atoms with Gasteiger partial charge in [-0.2, -0.15) is 0 Å². The molecule has 0 atom stereocenters. The normalized spacial score (nSPS) is 10.4. The predicted octanol–water partition coefficient (Wildman–Crippen LogP) is 4.54. The van der Waals surface area contributed by atoms with E-state index in [-0.39, 0.29) is 0 Å². The Morgan fingerprint density at radius 2 is 2.17 bits per heavy atom. The lowest BCUT2D eigenvalue weighted by molar-refractivity contribution is 1.04. The molecule has 0 aliphatic carbocycles. The van der Waals surface area contributed by atoms with Crippen molar-refractivity contribution in [1.29, 1.82) is 0 Å². The summed E-state index contributed by atoms with van der Waals surface area (Å²) in [5.41, 5.74) is 0.772. The lowest BCUT2D eigenvalue weighted by Crippen LogP contribution is -2.06. The number of hydrogen-bond donors (Lipinski definition) is 1. The molecule has 6 heteroatoms. The van der Waals surface area contributed by atoms with Gasteiger partial charge in [-0.25, -0.2) is 4.98 Å². The molecule has 2 rings (SSSR count). The fourth-order valence-corrected chi connectivity index (χ4v) is 2.35. The first-order chi connectivity index (χ1) is 8.65. The molecule has 1 aromatic heterocycles. The minimum absolute atomic E-state index is 0.477. The van der Waals surface area contributed by atoms with Crippen LogP contribution in [-0.2, 0) is 0 Å². The van der Waals surface area contributed by atoms with Gasteiger partial charge in [0.05, 0.1) is 15.7 Å². The third-order valence-electron chi connectivity index (χ3n) is 2.32. The maximum atomic E-state index is 6.24. The van der Waals surface area contributed by atoms with Gasteiger partial charge in [0.25, 0.3) is 0 Å². The van der Waals surface area contributed by atoms with Gasteiger partial charge in [-0.3, -0.25) is 4.57 Å². The van der Waals surface area contributed by atoms with Gasteiger partial charge in [-0.05, 0) is 28.1 Å². The van der Waals surface area contributed by atoms with Gasteiger partial charge in [-0.15, -0.1) is 6.58 Å². The van der Waals surface area contributed by atoms with Crippen molar-refractivity contribution < 1.29 is 0 Å². The van der Waals surface area contributed by atoms with E-state index in [1.54, 1.807) is 12.3 Å². The second kappa shape index (κ2) is 5.78. The van der Waals surface area contributed by atoms with Crippen LogP contribution in [0.2, 0.25) is 10.0 Å². The smallest absolute Gasteiger partial charge is 0.207 e. The second-order valence-electron chi connectivity index (χ2n) is 3.48. The van der Waals surface area contributed by atoms with Gasteiger partial charge in [-0.1, -0.05) is 29.3 Å². The quantitative estimate of drug-likeness (QED) is 0.650. The molecule has 0 radical (unpaired) electrons. The first kappa shape index (κ1) is 13.5. The fraction of sp³-hybridized carbons (Fsp3) is 0.0833. The molecule has 1 N–H and O–H groups in total. The molecule has 1 aromatic carbocycles. The van der Waals surface area contributed by atoms with E-state index in [4.69, 9.17) is 23.2 Å². The molecule has 0 aliphatic rings. The number of imidazole rings is 1. The van der Waals surface area contributed by atoms with Gasteiger partial charge < -0.3 is 5.32 Å². The number of nitrogens with one attached hydrogen (secondary N) is 1. The average Bonchev–Trinajstić information content (AvgIpc) is 2.82. The Kier molecular flexibility index (Phi) is 4.32. The van der Waals surface area contributed by atoms with Crippen molar-refractivity contribution in [2.75, 3.05) is 11.9 Å². The molecule has 0 bridgehead atoms. The summed E-state index contributed by atoms with van der Waals surface area (Å²) in [6.07, 6.45) is 5.27. The monoisotopic (exact) mass is 345 g/mol. The van der Waals surface area contributed by atoms with Crippen LogP contribution in [0.15, 0.2) is 41.7 Å². The summed E-state index contributed by atoms with van der Waals surface area (Å²) in [6.45, 7) is 4.28. The molecule has 0 saturated carbocycles. The van der Waals surface area contributed by atoms with E-state index >= 15 is 0 Å². The zero-order valence-electron chi connectivity index (χ0n) is 9.33. The zero-order valence-corrected chi connectivity index (χ0v) is 12.4. The Morgan fingerprint density at radius 1 is 1.39 bits per heavy atom. The molecular weight excluding hydrogens is 337 g/mol. The zero-order chi connectivity index (χ0) is 13.1. The average molecular weight is 347 g/mol. The predicted molar refractivity (Wildman–Crippen MR) is 80.0 cm³/mol. The summed E-state index contributed by atoms with van der Waals surface area (Å²) in [5.74, 6) is 0.690. The van der Waals surface area contributed by atoms with Gasteiger partial charge in [0.15, 0.2) is 0 Å². The van der Waals surface area contributed by atoms with Crippen LogP contribution in [0.25, 0.3) is 5.69 Å². The third-order valence-corrected chi connectivity index (χ3v) is 4.08. The van der Waals surface area contributed by atoms with Crippen LogP contribution >= 0.6 is 39.1 Å². The molecule has 1 heterocycles. The number of aromatic nitrogens is 2. The standard InChI is InChI=1S/C12H10BrCl2N3/c1-2-5-16-12-17-6-7-18(12)9-4-3-8(13)10(14)11(9)15/h2-4,6-7H,1,5H2,(H,16,17). The number of nitrogens with zero attached hydrogens (tertiary/aromatic N) is 2. The lowest BCUT2D eigenvalue weighted by atomic mass is 10.3. The van der Waals surface area contributed by atoms with Crippen molar-refractivity contribution in [3.63, 3.8) is 0 Å². The fourth-order valence-electron chi connectivity index (χ4n) is 1.49. The second-order valence-corrected chi connectivity index (χ2v) is 5.10. The molecule has 0 saturated heterocycles. The molecule has 0 fully saturated rings. The summed E-state index contributed by atoms with van der Waals surface area (Å²) in [5, 5.41) is 4.08. The summed E-state index contributed by atoms with van der Waals surface area (Å²) >= 11 is 15.7. The van der Waals surface area contributed by atoms with Crippen LogP contribution in [0.5, 0.6) is 0 Å². The van der Waals surface area contributed by atoms with E-state index in [1.807, 2.05) is 22.9 Å². The minimum Gasteiger partial charge on any atom is -0.352 e. The van der Waals surface area contributed by atoms with Crippen LogP contribution in [-0.4, -0.2) is 16.1 Å². The van der Waals surface area contributed by atoms with Crippen molar-refractivity contribution in [3.05, 3.63) is 51.7 Å². The minimum atomic E-state index is 0.477. The highest BCUT2D eigenvalue weighted by molar-refractivity contribution is 9.10. The molecule has 0 aliphatic heterocycles. The molecule has 0 amide bonds. The lowest BCUT2D eigenvalue weighted by Gasteiger charge is -2.11. The van der Waals surface area contributed by atoms with E-state index in [2.05, 4.69) is 32.8 Å². The van der Waals surface area contributed by atoms with Crippen LogP contribution < -0.4 is 5.32 Å². The van der Waals surface area contributed by atoms with E-state index in [0.717, 1.165) is 10.2 Å². The Labute approximate surface area is 124 Å². The van der Waals surface area contributed by atoms with Gasteiger partial charge in [0.2, 0.25) is 5.95 Å². The molecule has 18 heavy (non-hydrogen) atoms. The van der Waals surface area contributed by atoms with Crippen LogP contribution in [0.4, 0.5) is 5.95 Å². The van der Waals surface area contributed by atoms with E-state index in [1.165, 1.54) is 0 Å². The Hall–Kier alpha value is -0.970. The molecule has 3 nitrogen and oxygen atoms in total. The molecule has 2 aromatic rings. The highest BCUT2D eigenvalue weighted by Gasteiger charge is 2.12. The Balaban J connectivity index is 2.46. The topological polar surface area (TPSA) is 29.9 Å². The van der Waals surface area contributed by atoms with Gasteiger partial charge >= 0.3 is 0 Å². The molecule has 94 valence electrons. The Bertz CT molecular complexity index is 581. The van der Waals surface area contributed by atoms with Crippen molar-refractivity contribution >= 4 is 45.1 Å². The first-order valence-electron chi connectivity index (χ1n) is 5.17. The molecular formula is C12H10BrCl2N3. The number of hydrogen-bond acceptors (Lipinski definition) is 2. The van der Waals surface area contributed by atoms with Gasteiger partial charge in [0.1, 0.15) is 0 Å². The highest BCUT2D eigenvalue weighted by atomic mass is 79.9. The van der Waals surface area contributed by atoms with E-state index in [9.17, 15) is 0 Å². The molecule has 0 unspecified atom stereocenters. The number of halogens is 3. The highest BCUT2D eigenvalue weighted by Crippen LogP contribution is 2.35. The van der Waals surface area contributed by atoms with Crippen molar-refractivity contribution in [1.82, 2.24) is 9.55 Å². The summed E-state index contributed by atoms with van der Waals surface area (Å²) in [6, 6.07) is 3.72. The number of anilines is 1.